The summed E-state index contributed by atoms with van der Waals surface area (Å²) in [5, 5.41) is 15.2. The molecule has 19 heavy (non-hydrogen) atoms. The molecule has 0 heterocycles. The molecule has 0 aliphatic heterocycles. The van der Waals surface area contributed by atoms with Crippen molar-refractivity contribution in [2.24, 2.45) is 5.10 Å². The summed E-state index contributed by atoms with van der Waals surface area (Å²) < 4.78 is 13.4. The predicted octanol–water partition coefficient (Wildman–Crippen LogP) is 2.16. The molecular weight excluding hydrogens is 315 g/mol. The number of nitrogens with zero attached hydrogens (tertiary/aromatic N) is 2. The Kier molecular flexibility index (Phi) is 4.12. The second-order valence-electron chi connectivity index (χ2n) is 4.03. The van der Waals surface area contributed by atoms with E-state index < -0.39 is 11.7 Å². The van der Waals surface area contributed by atoms with Gasteiger partial charge in [-0.25, -0.2) is 4.39 Å². The minimum Gasteiger partial charge on any atom is -0.347 e. The van der Waals surface area contributed by atoms with Crippen LogP contribution in [-0.4, -0.2) is 17.7 Å². The summed E-state index contributed by atoms with van der Waals surface area (Å²) in [6, 6.07) is 6.20. The van der Waals surface area contributed by atoms with Crippen molar-refractivity contribution in [2.75, 3.05) is 5.43 Å². The summed E-state index contributed by atoms with van der Waals surface area (Å²) in [4.78, 5) is 11.6. The molecule has 98 valence electrons. The maximum absolute atomic E-state index is 13.2. The normalized spacial score (nSPS) is 14.7. The van der Waals surface area contributed by atoms with Gasteiger partial charge in [0.25, 0.3) is 5.91 Å². The monoisotopic (exact) mass is 324 g/mol. The van der Waals surface area contributed by atoms with Gasteiger partial charge in [0, 0.05) is 6.04 Å². The molecule has 0 bridgehead atoms. The number of hydrogen-bond donors (Lipinski definition) is 2. The Hall–Kier alpha value is -1.94. The standard InChI is InChI=1S/C12H10BrFN4O/c13-11-8(14)2-1-3-9(11)17-18-10(6-15)12(19)16-7-4-5-7/h1-3,7,17H,4-5H2,(H,16,19)/b18-10+. The fourth-order valence-corrected chi connectivity index (χ4v) is 1.67. The Labute approximate surface area is 117 Å². The van der Waals surface area contributed by atoms with Gasteiger partial charge in [-0.3, -0.25) is 10.2 Å². The van der Waals surface area contributed by atoms with Crippen molar-refractivity contribution in [1.29, 1.82) is 5.26 Å². The number of rotatable bonds is 4. The molecule has 7 heteroatoms. The average Bonchev–Trinajstić information content (AvgIpc) is 3.19. The van der Waals surface area contributed by atoms with E-state index in [-0.39, 0.29) is 16.2 Å². The maximum atomic E-state index is 13.2. The van der Waals surface area contributed by atoms with Crippen molar-refractivity contribution in [3.05, 3.63) is 28.5 Å². The molecule has 0 unspecified atom stereocenters. The van der Waals surface area contributed by atoms with Crippen LogP contribution in [0, 0.1) is 17.1 Å². The van der Waals surface area contributed by atoms with Crippen LogP contribution in [0.5, 0.6) is 0 Å². The number of carbonyl (C=O) groups is 1. The lowest BCUT2D eigenvalue weighted by atomic mass is 10.3. The zero-order valence-electron chi connectivity index (χ0n) is 9.78. The van der Waals surface area contributed by atoms with Crippen molar-refractivity contribution in [3.63, 3.8) is 0 Å². The summed E-state index contributed by atoms with van der Waals surface area (Å²) in [5.74, 6) is -0.980. The van der Waals surface area contributed by atoms with Crippen LogP contribution in [0.25, 0.3) is 0 Å². The lowest BCUT2D eigenvalue weighted by molar-refractivity contribution is -0.114. The van der Waals surface area contributed by atoms with Crippen LogP contribution >= 0.6 is 15.9 Å². The highest BCUT2D eigenvalue weighted by Gasteiger charge is 2.25. The van der Waals surface area contributed by atoms with Crippen molar-refractivity contribution in [1.82, 2.24) is 5.32 Å². The van der Waals surface area contributed by atoms with Gasteiger partial charge in [-0.15, -0.1) is 0 Å². The van der Waals surface area contributed by atoms with E-state index in [9.17, 15) is 9.18 Å². The molecule has 1 fully saturated rings. The van der Waals surface area contributed by atoms with Gasteiger partial charge in [0.15, 0.2) is 0 Å². The van der Waals surface area contributed by atoms with Crippen LogP contribution in [-0.2, 0) is 4.79 Å². The van der Waals surface area contributed by atoms with Gasteiger partial charge in [-0.1, -0.05) is 6.07 Å². The van der Waals surface area contributed by atoms with Crippen molar-refractivity contribution >= 4 is 33.2 Å². The molecule has 1 amide bonds. The molecule has 0 spiro atoms. The summed E-state index contributed by atoms with van der Waals surface area (Å²) in [6.07, 6.45) is 1.85. The molecule has 0 radical (unpaired) electrons. The molecular formula is C12H10BrFN4O. The van der Waals surface area contributed by atoms with Gasteiger partial charge in [-0.2, -0.15) is 10.4 Å². The van der Waals surface area contributed by atoms with E-state index >= 15 is 0 Å². The third-order valence-electron chi connectivity index (χ3n) is 2.47. The van der Waals surface area contributed by atoms with Crippen molar-refractivity contribution < 1.29 is 9.18 Å². The SMILES string of the molecule is N#C/C(=N\Nc1cccc(F)c1Br)C(=O)NC1CC1. The lowest BCUT2D eigenvalue weighted by Gasteiger charge is -2.05. The molecule has 2 rings (SSSR count). The average molecular weight is 325 g/mol. The molecule has 2 N–H and O–H groups in total. The highest BCUT2D eigenvalue weighted by molar-refractivity contribution is 9.10. The Bertz CT molecular complexity index is 578. The number of anilines is 1. The maximum Gasteiger partial charge on any atom is 0.282 e. The first-order valence-electron chi connectivity index (χ1n) is 5.60. The van der Waals surface area contributed by atoms with Crippen LogP contribution < -0.4 is 10.7 Å². The molecule has 1 saturated carbocycles. The Morgan fingerprint density at radius 2 is 2.26 bits per heavy atom. The summed E-state index contributed by atoms with van der Waals surface area (Å²) in [5.41, 5.74) is 2.55. The Morgan fingerprint density at radius 1 is 1.53 bits per heavy atom. The summed E-state index contributed by atoms with van der Waals surface area (Å²) in [6.45, 7) is 0. The minimum atomic E-state index is -0.523. The summed E-state index contributed by atoms with van der Waals surface area (Å²) in [7, 11) is 0. The first kappa shape index (κ1) is 13.5. The fourth-order valence-electron chi connectivity index (χ4n) is 1.31. The van der Waals surface area contributed by atoms with Gasteiger partial charge >= 0.3 is 0 Å². The van der Waals surface area contributed by atoms with Gasteiger partial charge < -0.3 is 5.32 Å². The molecule has 1 aliphatic rings. The minimum absolute atomic E-state index is 0.145. The smallest absolute Gasteiger partial charge is 0.282 e. The third-order valence-corrected chi connectivity index (χ3v) is 3.28. The number of nitriles is 1. The second-order valence-corrected chi connectivity index (χ2v) is 4.83. The number of halogens is 2. The molecule has 0 atom stereocenters. The van der Waals surface area contributed by atoms with Gasteiger partial charge in [0.2, 0.25) is 5.71 Å². The number of benzene rings is 1. The lowest BCUT2D eigenvalue weighted by Crippen LogP contribution is -2.32. The predicted molar refractivity (Wildman–Crippen MR) is 71.9 cm³/mol. The molecule has 1 aromatic rings. The van der Waals surface area contributed by atoms with E-state index in [1.54, 1.807) is 12.1 Å². The molecule has 0 aromatic heterocycles. The van der Waals surface area contributed by atoms with Crippen molar-refractivity contribution in [2.45, 2.75) is 18.9 Å². The van der Waals surface area contributed by atoms with E-state index in [1.165, 1.54) is 12.1 Å². The number of nitrogens with one attached hydrogen (secondary N) is 2. The first-order chi connectivity index (χ1) is 9.11. The van der Waals surface area contributed by atoms with Crippen LogP contribution in [0.4, 0.5) is 10.1 Å². The number of amides is 1. The zero-order valence-corrected chi connectivity index (χ0v) is 11.4. The first-order valence-corrected chi connectivity index (χ1v) is 6.40. The van der Waals surface area contributed by atoms with Crippen LogP contribution in [0.1, 0.15) is 12.8 Å². The quantitative estimate of drug-likeness (QED) is 0.658. The number of hydrazone groups is 1. The van der Waals surface area contributed by atoms with E-state index in [4.69, 9.17) is 5.26 Å². The molecule has 0 saturated heterocycles. The summed E-state index contributed by atoms with van der Waals surface area (Å²) >= 11 is 3.05. The van der Waals surface area contributed by atoms with Gasteiger partial charge in [-0.05, 0) is 40.9 Å². The van der Waals surface area contributed by atoms with Crippen molar-refractivity contribution in [3.8, 4) is 6.07 Å². The fraction of sp³-hybridized carbons (Fsp3) is 0.250. The molecule has 5 nitrogen and oxygen atoms in total. The van der Waals surface area contributed by atoms with Gasteiger partial charge in [0.05, 0.1) is 10.2 Å². The topological polar surface area (TPSA) is 77.3 Å². The van der Waals surface area contributed by atoms with Crippen LogP contribution in [0.3, 0.4) is 0 Å². The largest absolute Gasteiger partial charge is 0.347 e. The van der Waals surface area contributed by atoms with E-state index in [0.717, 1.165) is 12.8 Å². The Morgan fingerprint density at radius 3 is 2.89 bits per heavy atom. The Balaban J connectivity index is 2.08. The molecule has 1 aromatic carbocycles. The van der Waals surface area contributed by atoms with Crippen LogP contribution in [0.2, 0.25) is 0 Å². The molecule has 1 aliphatic carbocycles. The highest BCUT2D eigenvalue weighted by atomic mass is 79.9. The van der Waals surface area contributed by atoms with E-state index in [0.29, 0.717) is 5.69 Å². The van der Waals surface area contributed by atoms with Gasteiger partial charge in [0.1, 0.15) is 11.9 Å². The number of carbonyl (C=O) groups excluding carboxylic acids is 1. The van der Waals surface area contributed by atoms with E-state index in [1.807, 2.05) is 0 Å². The van der Waals surface area contributed by atoms with Crippen LogP contribution in [0.15, 0.2) is 27.8 Å². The number of hydrogen-bond acceptors (Lipinski definition) is 4. The highest BCUT2D eigenvalue weighted by Crippen LogP contribution is 2.25. The third kappa shape index (κ3) is 3.51. The second kappa shape index (κ2) is 5.80. The van der Waals surface area contributed by atoms with E-state index in [2.05, 4.69) is 31.8 Å². The zero-order chi connectivity index (χ0) is 13.8.